The van der Waals surface area contributed by atoms with Crippen LogP contribution in [0, 0.1) is 5.82 Å². The van der Waals surface area contributed by atoms with Gasteiger partial charge in [0.05, 0.1) is 13.2 Å². The minimum absolute atomic E-state index is 0.286. The molecule has 0 spiro atoms. The monoisotopic (exact) mass is 462 g/mol. The molecule has 1 N–H and O–H groups in total. The number of carbonyl (C=O) groups is 1. The van der Waals surface area contributed by atoms with Gasteiger partial charge in [-0.15, -0.1) is 0 Å². The highest BCUT2D eigenvalue weighted by Gasteiger charge is 2.30. The van der Waals surface area contributed by atoms with Crippen molar-refractivity contribution in [2.45, 2.75) is 32.4 Å². The SMILES string of the molecule is CC(c1ccc(-c2ccc(NC(=O)C(C)(C)Oc3ccc(F)cc3)cc2)cc1)N1CCOCC1. The maximum atomic E-state index is 13.1. The predicted molar refractivity (Wildman–Crippen MR) is 132 cm³/mol. The number of carbonyl (C=O) groups excluding carboxylic acids is 1. The van der Waals surface area contributed by atoms with Crippen LogP contribution < -0.4 is 10.1 Å². The molecule has 5 nitrogen and oxygen atoms in total. The van der Waals surface area contributed by atoms with Gasteiger partial charge in [0, 0.05) is 24.8 Å². The highest BCUT2D eigenvalue weighted by Crippen LogP contribution is 2.27. The zero-order valence-corrected chi connectivity index (χ0v) is 19.9. The van der Waals surface area contributed by atoms with Crippen LogP contribution in [0.2, 0.25) is 0 Å². The molecule has 0 aliphatic carbocycles. The fourth-order valence-corrected chi connectivity index (χ4v) is 4.00. The number of nitrogens with one attached hydrogen (secondary N) is 1. The van der Waals surface area contributed by atoms with Gasteiger partial charge in [0.1, 0.15) is 11.6 Å². The molecule has 0 bridgehead atoms. The molecule has 1 atom stereocenters. The molecule has 1 fully saturated rings. The molecule has 34 heavy (non-hydrogen) atoms. The van der Waals surface area contributed by atoms with Crippen molar-refractivity contribution < 1.29 is 18.7 Å². The summed E-state index contributed by atoms with van der Waals surface area (Å²) in [5.74, 6) is -0.203. The van der Waals surface area contributed by atoms with E-state index in [1.165, 1.54) is 29.8 Å². The molecule has 1 saturated heterocycles. The van der Waals surface area contributed by atoms with E-state index in [4.69, 9.17) is 9.47 Å². The lowest BCUT2D eigenvalue weighted by Gasteiger charge is -2.32. The second-order valence-corrected chi connectivity index (χ2v) is 9.04. The van der Waals surface area contributed by atoms with Gasteiger partial charge in [0.2, 0.25) is 0 Å². The van der Waals surface area contributed by atoms with E-state index in [9.17, 15) is 9.18 Å². The summed E-state index contributed by atoms with van der Waals surface area (Å²) >= 11 is 0. The molecule has 1 heterocycles. The van der Waals surface area contributed by atoms with Crippen LogP contribution in [0.4, 0.5) is 10.1 Å². The molecule has 6 heteroatoms. The van der Waals surface area contributed by atoms with Gasteiger partial charge in [0.15, 0.2) is 5.60 Å². The van der Waals surface area contributed by atoms with E-state index < -0.39 is 5.60 Å². The third-order valence-corrected chi connectivity index (χ3v) is 6.20. The van der Waals surface area contributed by atoms with E-state index in [1.807, 2.05) is 24.3 Å². The highest BCUT2D eigenvalue weighted by atomic mass is 19.1. The summed E-state index contributed by atoms with van der Waals surface area (Å²) < 4.78 is 24.3. The van der Waals surface area contributed by atoms with Crippen molar-refractivity contribution in [2.75, 3.05) is 31.6 Å². The number of halogens is 1. The van der Waals surface area contributed by atoms with Crippen molar-refractivity contribution in [3.05, 3.63) is 84.2 Å². The summed E-state index contributed by atoms with van der Waals surface area (Å²) in [6.07, 6.45) is 0. The average molecular weight is 463 g/mol. The maximum Gasteiger partial charge on any atom is 0.267 e. The summed E-state index contributed by atoms with van der Waals surface area (Å²) in [4.78, 5) is 15.2. The van der Waals surface area contributed by atoms with Crippen LogP contribution in [0.5, 0.6) is 5.75 Å². The van der Waals surface area contributed by atoms with Crippen LogP contribution in [0.3, 0.4) is 0 Å². The fraction of sp³-hybridized carbons (Fsp3) is 0.321. The van der Waals surface area contributed by atoms with Gasteiger partial charge in [-0.05, 0) is 73.9 Å². The van der Waals surface area contributed by atoms with Crippen LogP contribution in [0.1, 0.15) is 32.4 Å². The first-order valence-electron chi connectivity index (χ1n) is 11.6. The fourth-order valence-electron chi connectivity index (χ4n) is 4.00. The Morgan fingerprint density at radius 1 is 0.941 bits per heavy atom. The zero-order chi connectivity index (χ0) is 24.1. The number of hydrogen-bond acceptors (Lipinski definition) is 4. The second-order valence-electron chi connectivity index (χ2n) is 9.04. The van der Waals surface area contributed by atoms with Gasteiger partial charge in [-0.1, -0.05) is 36.4 Å². The molecule has 1 aliphatic rings. The minimum atomic E-state index is -1.12. The Kier molecular flexibility index (Phi) is 7.29. The summed E-state index contributed by atoms with van der Waals surface area (Å²) in [5.41, 5.74) is 3.05. The number of hydrogen-bond donors (Lipinski definition) is 1. The summed E-state index contributed by atoms with van der Waals surface area (Å²) in [6, 6.07) is 22.4. The highest BCUT2D eigenvalue weighted by molar-refractivity contribution is 5.97. The van der Waals surface area contributed by atoms with Crippen molar-refractivity contribution in [1.29, 1.82) is 0 Å². The minimum Gasteiger partial charge on any atom is -0.478 e. The molecule has 1 unspecified atom stereocenters. The van der Waals surface area contributed by atoms with Crippen molar-refractivity contribution in [3.63, 3.8) is 0 Å². The lowest BCUT2D eigenvalue weighted by molar-refractivity contribution is -0.128. The Bertz CT molecular complexity index is 1090. The van der Waals surface area contributed by atoms with Crippen molar-refractivity contribution in [3.8, 4) is 16.9 Å². The maximum absolute atomic E-state index is 13.1. The van der Waals surface area contributed by atoms with E-state index in [1.54, 1.807) is 13.8 Å². The van der Waals surface area contributed by atoms with E-state index in [0.717, 1.165) is 37.4 Å². The Hall–Kier alpha value is -3.22. The van der Waals surface area contributed by atoms with Crippen molar-refractivity contribution >= 4 is 11.6 Å². The first-order chi connectivity index (χ1) is 16.3. The number of ether oxygens (including phenoxy) is 2. The first kappa shape index (κ1) is 23.9. The summed E-state index contributed by atoms with van der Waals surface area (Å²) in [6.45, 7) is 9.10. The Morgan fingerprint density at radius 3 is 2.09 bits per heavy atom. The number of benzene rings is 3. The van der Waals surface area contributed by atoms with Crippen LogP contribution in [-0.2, 0) is 9.53 Å². The smallest absolute Gasteiger partial charge is 0.267 e. The van der Waals surface area contributed by atoms with E-state index in [0.29, 0.717) is 17.5 Å². The lowest BCUT2D eigenvalue weighted by atomic mass is 10.00. The number of amides is 1. The third-order valence-electron chi connectivity index (χ3n) is 6.20. The summed E-state index contributed by atoms with van der Waals surface area (Å²) in [5, 5.41) is 2.90. The number of morpholine rings is 1. The van der Waals surface area contributed by atoms with Crippen molar-refractivity contribution in [1.82, 2.24) is 4.90 Å². The second kappa shape index (κ2) is 10.4. The van der Waals surface area contributed by atoms with Crippen LogP contribution in [-0.4, -0.2) is 42.7 Å². The molecule has 3 aromatic rings. The van der Waals surface area contributed by atoms with Crippen molar-refractivity contribution in [2.24, 2.45) is 0 Å². The molecular weight excluding hydrogens is 431 g/mol. The van der Waals surface area contributed by atoms with Gasteiger partial charge < -0.3 is 14.8 Å². The van der Waals surface area contributed by atoms with Gasteiger partial charge >= 0.3 is 0 Å². The average Bonchev–Trinajstić information content (AvgIpc) is 2.86. The van der Waals surface area contributed by atoms with E-state index >= 15 is 0 Å². The zero-order valence-electron chi connectivity index (χ0n) is 19.9. The van der Waals surface area contributed by atoms with E-state index in [2.05, 4.69) is 41.4 Å². The van der Waals surface area contributed by atoms with Crippen LogP contribution in [0.25, 0.3) is 11.1 Å². The molecule has 0 radical (unpaired) electrons. The van der Waals surface area contributed by atoms with Gasteiger partial charge in [-0.25, -0.2) is 4.39 Å². The van der Waals surface area contributed by atoms with Crippen LogP contribution in [0.15, 0.2) is 72.8 Å². The number of rotatable bonds is 7. The van der Waals surface area contributed by atoms with E-state index in [-0.39, 0.29) is 11.7 Å². The topological polar surface area (TPSA) is 50.8 Å². The molecule has 4 rings (SSSR count). The van der Waals surface area contributed by atoms with Gasteiger partial charge in [-0.3, -0.25) is 9.69 Å². The Morgan fingerprint density at radius 2 is 1.50 bits per heavy atom. The molecule has 0 aromatic heterocycles. The standard InChI is InChI=1S/C28H31FN2O3/c1-20(31-16-18-33-19-17-31)21-4-6-22(7-5-21)23-8-12-25(13-9-23)30-27(32)28(2,3)34-26-14-10-24(29)11-15-26/h4-15,20H,16-19H2,1-3H3,(H,30,32). The molecule has 1 aliphatic heterocycles. The van der Waals surface area contributed by atoms with Gasteiger partial charge in [0.25, 0.3) is 5.91 Å². The lowest BCUT2D eigenvalue weighted by Crippen LogP contribution is -2.42. The molecule has 1 amide bonds. The molecule has 0 saturated carbocycles. The third kappa shape index (κ3) is 5.82. The largest absolute Gasteiger partial charge is 0.478 e. The quantitative estimate of drug-likeness (QED) is 0.491. The number of anilines is 1. The Balaban J connectivity index is 1.37. The first-order valence-corrected chi connectivity index (χ1v) is 11.6. The molecule has 3 aromatic carbocycles. The normalized spacial score (nSPS) is 15.5. The molecular formula is C28H31FN2O3. The number of nitrogens with zero attached hydrogens (tertiary/aromatic N) is 1. The molecule has 178 valence electrons. The van der Waals surface area contributed by atoms with Gasteiger partial charge in [-0.2, -0.15) is 0 Å². The summed E-state index contributed by atoms with van der Waals surface area (Å²) in [7, 11) is 0. The Labute approximate surface area is 200 Å². The van der Waals surface area contributed by atoms with Crippen LogP contribution >= 0.6 is 0 Å². The predicted octanol–water partition coefficient (Wildman–Crippen LogP) is 5.68.